The van der Waals surface area contributed by atoms with E-state index in [0.29, 0.717) is 5.89 Å². The Morgan fingerprint density at radius 3 is 2.61 bits per heavy atom. The fourth-order valence-electron chi connectivity index (χ4n) is 1.82. The summed E-state index contributed by atoms with van der Waals surface area (Å²) in [6, 6.07) is 10.2. The minimum Gasteiger partial charge on any atom is -0.338 e. The first-order chi connectivity index (χ1) is 8.64. The summed E-state index contributed by atoms with van der Waals surface area (Å²) in [7, 11) is 1.91. The molecule has 1 aromatic heterocycles. The van der Waals surface area contributed by atoms with E-state index in [1.807, 2.05) is 25.2 Å². The number of aromatic nitrogens is 2. The van der Waals surface area contributed by atoms with Gasteiger partial charge in [-0.15, -0.1) is 0 Å². The molecular weight excluding hydrogens is 226 g/mol. The predicted octanol–water partition coefficient (Wildman–Crippen LogP) is 2.16. The van der Waals surface area contributed by atoms with Crippen LogP contribution < -0.4 is 5.32 Å². The molecule has 96 valence electrons. The maximum Gasteiger partial charge on any atom is 0.236 e. The molecule has 0 aliphatic rings. The Hall–Kier alpha value is -1.68. The van der Waals surface area contributed by atoms with Crippen LogP contribution in [0.25, 0.3) is 0 Å². The number of benzene rings is 1. The summed E-state index contributed by atoms with van der Waals surface area (Å²) >= 11 is 0. The lowest BCUT2D eigenvalue weighted by Gasteiger charge is -2.20. The van der Waals surface area contributed by atoms with Crippen molar-refractivity contribution in [2.45, 2.75) is 25.7 Å². The molecule has 0 atom stereocenters. The SMILES string of the molecule is CNCCc1noc(C(C)(C)c2ccccc2)n1. The number of nitrogens with zero attached hydrogens (tertiary/aromatic N) is 2. The van der Waals surface area contributed by atoms with Gasteiger partial charge in [-0.25, -0.2) is 0 Å². The Morgan fingerprint density at radius 1 is 1.22 bits per heavy atom. The molecule has 0 radical (unpaired) electrons. The highest BCUT2D eigenvalue weighted by Gasteiger charge is 2.29. The molecule has 2 aromatic rings. The third kappa shape index (κ3) is 2.59. The Labute approximate surface area is 107 Å². The molecule has 0 bridgehead atoms. The highest BCUT2D eigenvalue weighted by Crippen LogP contribution is 2.29. The van der Waals surface area contributed by atoms with Crippen LogP contribution in [0.15, 0.2) is 34.9 Å². The van der Waals surface area contributed by atoms with Crippen LogP contribution >= 0.6 is 0 Å². The standard InChI is InChI=1S/C14H19N3O/c1-14(2,11-7-5-4-6-8-11)13-16-12(17-18-13)9-10-15-3/h4-8,15H,9-10H2,1-3H3. The number of rotatable bonds is 5. The molecule has 1 heterocycles. The Kier molecular flexibility index (Phi) is 3.77. The van der Waals surface area contributed by atoms with Gasteiger partial charge in [-0.2, -0.15) is 4.98 Å². The number of hydrogen-bond donors (Lipinski definition) is 1. The number of likely N-dealkylation sites (N-methyl/N-ethyl adjacent to an activating group) is 1. The summed E-state index contributed by atoms with van der Waals surface area (Å²) in [5, 5.41) is 7.09. The summed E-state index contributed by atoms with van der Waals surface area (Å²) in [5.74, 6) is 1.42. The van der Waals surface area contributed by atoms with Crippen LogP contribution in [0, 0.1) is 0 Å². The highest BCUT2D eigenvalue weighted by atomic mass is 16.5. The van der Waals surface area contributed by atoms with E-state index in [0.717, 1.165) is 18.8 Å². The fourth-order valence-corrected chi connectivity index (χ4v) is 1.82. The quantitative estimate of drug-likeness (QED) is 0.877. The fraction of sp³-hybridized carbons (Fsp3) is 0.429. The lowest BCUT2D eigenvalue weighted by atomic mass is 9.84. The number of hydrogen-bond acceptors (Lipinski definition) is 4. The van der Waals surface area contributed by atoms with Crippen molar-refractivity contribution in [3.05, 3.63) is 47.6 Å². The Morgan fingerprint density at radius 2 is 1.94 bits per heavy atom. The molecule has 4 heteroatoms. The minimum absolute atomic E-state index is 0.258. The van der Waals surface area contributed by atoms with Crippen molar-refractivity contribution in [1.29, 1.82) is 0 Å². The molecule has 0 saturated heterocycles. The van der Waals surface area contributed by atoms with Crippen molar-refractivity contribution >= 4 is 0 Å². The van der Waals surface area contributed by atoms with Gasteiger partial charge in [-0.3, -0.25) is 0 Å². The molecule has 0 aliphatic heterocycles. The van der Waals surface area contributed by atoms with Crippen molar-refractivity contribution in [3.8, 4) is 0 Å². The van der Waals surface area contributed by atoms with Gasteiger partial charge in [-0.1, -0.05) is 35.5 Å². The molecule has 1 aromatic carbocycles. The van der Waals surface area contributed by atoms with Crippen LogP contribution in [-0.2, 0) is 11.8 Å². The second-order valence-corrected chi connectivity index (χ2v) is 4.86. The van der Waals surface area contributed by atoms with Gasteiger partial charge in [0, 0.05) is 13.0 Å². The van der Waals surface area contributed by atoms with Crippen LogP contribution in [0.2, 0.25) is 0 Å². The largest absolute Gasteiger partial charge is 0.338 e. The summed E-state index contributed by atoms with van der Waals surface area (Å²) in [5.41, 5.74) is 0.917. The maximum atomic E-state index is 5.39. The first kappa shape index (κ1) is 12.8. The maximum absolute atomic E-state index is 5.39. The van der Waals surface area contributed by atoms with Crippen molar-refractivity contribution < 1.29 is 4.52 Å². The van der Waals surface area contributed by atoms with Gasteiger partial charge in [0.15, 0.2) is 5.82 Å². The van der Waals surface area contributed by atoms with Crippen molar-refractivity contribution in [3.63, 3.8) is 0 Å². The van der Waals surface area contributed by atoms with E-state index in [9.17, 15) is 0 Å². The monoisotopic (exact) mass is 245 g/mol. The van der Waals surface area contributed by atoms with Crippen LogP contribution in [0.4, 0.5) is 0 Å². The van der Waals surface area contributed by atoms with Crippen molar-refractivity contribution in [2.24, 2.45) is 0 Å². The Bertz CT molecular complexity index is 491. The number of nitrogens with one attached hydrogen (secondary N) is 1. The molecule has 0 amide bonds. The minimum atomic E-state index is -0.258. The molecule has 0 unspecified atom stereocenters. The van der Waals surface area contributed by atoms with Gasteiger partial charge in [0.1, 0.15) is 0 Å². The zero-order valence-corrected chi connectivity index (χ0v) is 11.1. The molecule has 1 N–H and O–H groups in total. The molecule has 0 saturated carbocycles. The van der Waals surface area contributed by atoms with Gasteiger partial charge in [0.2, 0.25) is 5.89 Å². The van der Waals surface area contributed by atoms with Gasteiger partial charge in [-0.05, 0) is 26.5 Å². The van der Waals surface area contributed by atoms with Gasteiger partial charge in [0.05, 0.1) is 5.41 Å². The molecule has 0 aliphatic carbocycles. The Balaban J connectivity index is 2.22. The van der Waals surface area contributed by atoms with Gasteiger partial charge in [0.25, 0.3) is 0 Å². The molecular formula is C14H19N3O. The third-order valence-corrected chi connectivity index (χ3v) is 3.10. The van der Waals surface area contributed by atoms with E-state index in [1.165, 1.54) is 5.56 Å². The molecule has 0 spiro atoms. The second kappa shape index (κ2) is 5.31. The zero-order chi connectivity index (χ0) is 13.0. The molecule has 4 nitrogen and oxygen atoms in total. The molecule has 2 rings (SSSR count). The predicted molar refractivity (Wildman–Crippen MR) is 70.5 cm³/mol. The van der Waals surface area contributed by atoms with Crippen LogP contribution in [0.3, 0.4) is 0 Å². The van der Waals surface area contributed by atoms with E-state index in [1.54, 1.807) is 0 Å². The lowest BCUT2D eigenvalue weighted by Crippen LogP contribution is -2.19. The average molecular weight is 245 g/mol. The highest BCUT2D eigenvalue weighted by molar-refractivity contribution is 5.29. The zero-order valence-electron chi connectivity index (χ0n) is 11.1. The average Bonchev–Trinajstić information content (AvgIpc) is 2.87. The smallest absolute Gasteiger partial charge is 0.236 e. The van der Waals surface area contributed by atoms with E-state index in [-0.39, 0.29) is 5.41 Å². The summed E-state index contributed by atoms with van der Waals surface area (Å²) in [6.45, 7) is 5.04. The second-order valence-electron chi connectivity index (χ2n) is 4.86. The first-order valence-corrected chi connectivity index (χ1v) is 6.18. The van der Waals surface area contributed by atoms with Crippen molar-refractivity contribution in [1.82, 2.24) is 15.5 Å². The van der Waals surface area contributed by atoms with E-state index in [4.69, 9.17) is 4.52 Å². The molecule has 18 heavy (non-hydrogen) atoms. The normalized spacial score (nSPS) is 11.7. The first-order valence-electron chi connectivity index (χ1n) is 6.18. The van der Waals surface area contributed by atoms with Gasteiger partial charge >= 0.3 is 0 Å². The third-order valence-electron chi connectivity index (χ3n) is 3.10. The van der Waals surface area contributed by atoms with Crippen LogP contribution in [0.5, 0.6) is 0 Å². The van der Waals surface area contributed by atoms with E-state index < -0.39 is 0 Å². The van der Waals surface area contributed by atoms with Crippen LogP contribution in [0.1, 0.15) is 31.1 Å². The van der Waals surface area contributed by atoms with Crippen LogP contribution in [-0.4, -0.2) is 23.7 Å². The lowest BCUT2D eigenvalue weighted by molar-refractivity contribution is 0.329. The van der Waals surface area contributed by atoms with Crippen molar-refractivity contribution in [2.75, 3.05) is 13.6 Å². The summed E-state index contributed by atoms with van der Waals surface area (Å²) < 4.78 is 5.39. The summed E-state index contributed by atoms with van der Waals surface area (Å²) in [4.78, 5) is 4.48. The van der Waals surface area contributed by atoms with E-state index in [2.05, 4.69) is 41.4 Å². The van der Waals surface area contributed by atoms with Gasteiger partial charge < -0.3 is 9.84 Å². The van der Waals surface area contributed by atoms with E-state index >= 15 is 0 Å². The molecule has 0 fully saturated rings. The topological polar surface area (TPSA) is 51.0 Å². The summed E-state index contributed by atoms with van der Waals surface area (Å²) in [6.07, 6.45) is 0.783.